The van der Waals surface area contributed by atoms with E-state index < -0.39 is 6.04 Å². The summed E-state index contributed by atoms with van der Waals surface area (Å²) < 4.78 is 1.82. The van der Waals surface area contributed by atoms with E-state index in [1.165, 1.54) is 25.7 Å². The van der Waals surface area contributed by atoms with Crippen molar-refractivity contribution in [3.8, 4) is 5.69 Å². The number of anilines is 1. The summed E-state index contributed by atoms with van der Waals surface area (Å²) in [7, 11) is 0. The van der Waals surface area contributed by atoms with Crippen LogP contribution in [-0.4, -0.2) is 21.7 Å². The van der Waals surface area contributed by atoms with Gasteiger partial charge in [-0.2, -0.15) is 5.10 Å². The minimum atomic E-state index is -0.482. The predicted molar refractivity (Wildman–Crippen MR) is 96.3 cm³/mol. The van der Waals surface area contributed by atoms with Crippen molar-refractivity contribution in [2.45, 2.75) is 57.4 Å². The fraction of sp³-hybridized carbons (Fsp3) is 0.474. The summed E-state index contributed by atoms with van der Waals surface area (Å²) in [5.74, 6) is 1.06. The Morgan fingerprint density at radius 2 is 2.04 bits per heavy atom. The monoisotopic (exact) mass is 326 g/mol. The Balaban J connectivity index is 1.89. The van der Waals surface area contributed by atoms with Crippen LogP contribution in [0.25, 0.3) is 5.69 Å². The van der Waals surface area contributed by atoms with Crippen molar-refractivity contribution < 1.29 is 4.79 Å². The predicted octanol–water partition coefficient (Wildman–Crippen LogP) is 3.60. The largest absolute Gasteiger partial charge is 0.320 e. The summed E-state index contributed by atoms with van der Waals surface area (Å²) in [6, 6.07) is 11.4. The van der Waals surface area contributed by atoms with Gasteiger partial charge in [-0.1, -0.05) is 44.4 Å². The number of hydrogen-bond acceptors (Lipinski definition) is 3. The van der Waals surface area contributed by atoms with Crippen molar-refractivity contribution >= 4 is 11.7 Å². The third-order valence-electron chi connectivity index (χ3n) is 4.69. The molecule has 5 nitrogen and oxygen atoms in total. The van der Waals surface area contributed by atoms with E-state index in [1.807, 2.05) is 48.0 Å². The van der Waals surface area contributed by atoms with Gasteiger partial charge in [0, 0.05) is 12.0 Å². The zero-order valence-electron chi connectivity index (χ0n) is 14.2. The van der Waals surface area contributed by atoms with Gasteiger partial charge in [0.2, 0.25) is 5.91 Å². The molecule has 1 aliphatic carbocycles. The number of nitrogens with two attached hydrogens (primary N) is 1. The Labute approximate surface area is 143 Å². The second-order valence-corrected chi connectivity index (χ2v) is 6.57. The van der Waals surface area contributed by atoms with E-state index in [9.17, 15) is 4.79 Å². The molecule has 1 saturated carbocycles. The molecule has 0 bridgehead atoms. The molecule has 3 N–H and O–H groups in total. The molecule has 1 atom stereocenters. The summed E-state index contributed by atoms with van der Waals surface area (Å²) in [6.45, 7) is 2.03. The van der Waals surface area contributed by atoms with Crippen molar-refractivity contribution in [3.63, 3.8) is 0 Å². The standard InChI is InChI=1S/C19H26N4O/c1-2-8-16(20)19(24)21-18-13-17(14-9-6-7-10-14)22-23(18)15-11-4-3-5-12-15/h3-5,11-14,16H,2,6-10,20H2,1H3,(H,21,24). The Morgan fingerprint density at radius 3 is 2.71 bits per heavy atom. The number of benzene rings is 1. The van der Waals surface area contributed by atoms with Gasteiger partial charge in [-0.05, 0) is 31.4 Å². The van der Waals surface area contributed by atoms with Crippen LogP contribution in [0.15, 0.2) is 36.4 Å². The molecule has 1 heterocycles. The van der Waals surface area contributed by atoms with E-state index in [4.69, 9.17) is 10.8 Å². The molecule has 24 heavy (non-hydrogen) atoms. The quantitative estimate of drug-likeness (QED) is 0.852. The Hall–Kier alpha value is -2.14. The molecular weight excluding hydrogens is 300 g/mol. The first-order valence-corrected chi connectivity index (χ1v) is 8.91. The lowest BCUT2D eigenvalue weighted by atomic mass is 10.0. The van der Waals surface area contributed by atoms with Crippen molar-refractivity contribution in [3.05, 3.63) is 42.1 Å². The summed E-state index contributed by atoms with van der Waals surface area (Å²) in [5, 5.41) is 7.76. The van der Waals surface area contributed by atoms with Gasteiger partial charge >= 0.3 is 0 Å². The van der Waals surface area contributed by atoms with Crippen LogP contribution in [0.2, 0.25) is 0 Å². The highest BCUT2D eigenvalue weighted by Crippen LogP contribution is 2.35. The number of nitrogens with zero attached hydrogens (tertiary/aromatic N) is 2. The topological polar surface area (TPSA) is 72.9 Å². The molecule has 0 saturated heterocycles. The lowest BCUT2D eigenvalue weighted by molar-refractivity contribution is -0.117. The molecule has 1 unspecified atom stereocenters. The maximum Gasteiger partial charge on any atom is 0.242 e. The van der Waals surface area contributed by atoms with Crippen LogP contribution >= 0.6 is 0 Å². The minimum absolute atomic E-state index is 0.146. The van der Waals surface area contributed by atoms with E-state index in [0.29, 0.717) is 18.2 Å². The van der Waals surface area contributed by atoms with Crippen molar-refractivity contribution in [2.24, 2.45) is 5.73 Å². The van der Waals surface area contributed by atoms with Gasteiger partial charge in [-0.3, -0.25) is 4.79 Å². The molecule has 5 heteroatoms. The van der Waals surface area contributed by atoms with Crippen molar-refractivity contribution in [2.75, 3.05) is 5.32 Å². The van der Waals surface area contributed by atoms with E-state index in [0.717, 1.165) is 17.8 Å². The average Bonchev–Trinajstić information content (AvgIpc) is 3.25. The number of carbonyl (C=O) groups excluding carboxylic acids is 1. The zero-order chi connectivity index (χ0) is 16.9. The van der Waals surface area contributed by atoms with Crippen molar-refractivity contribution in [1.29, 1.82) is 0 Å². The lowest BCUT2D eigenvalue weighted by Gasteiger charge is -2.12. The molecule has 3 rings (SSSR count). The third-order valence-corrected chi connectivity index (χ3v) is 4.69. The Morgan fingerprint density at radius 1 is 1.33 bits per heavy atom. The van der Waals surface area contributed by atoms with E-state index >= 15 is 0 Å². The van der Waals surface area contributed by atoms with Crippen molar-refractivity contribution in [1.82, 2.24) is 9.78 Å². The molecule has 0 radical (unpaired) electrons. The number of para-hydroxylation sites is 1. The number of nitrogens with one attached hydrogen (secondary N) is 1. The molecule has 1 fully saturated rings. The van der Waals surface area contributed by atoms with Crippen LogP contribution in [0.5, 0.6) is 0 Å². The maximum absolute atomic E-state index is 12.3. The first kappa shape index (κ1) is 16.7. The molecule has 0 aliphatic heterocycles. The van der Waals surface area contributed by atoms with Crippen LogP contribution in [0, 0.1) is 0 Å². The molecule has 0 spiro atoms. The number of aromatic nitrogens is 2. The molecule has 1 aromatic carbocycles. The summed E-state index contributed by atoms with van der Waals surface area (Å²) in [5.41, 5.74) is 7.96. The second kappa shape index (κ2) is 7.62. The molecule has 1 aromatic heterocycles. The second-order valence-electron chi connectivity index (χ2n) is 6.57. The van der Waals surface area contributed by atoms with E-state index in [1.54, 1.807) is 0 Å². The molecule has 1 amide bonds. The van der Waals surface area contributed by atoms with Crippen LogP contribution < -0.4 is 11.1 Å². The third kappa shape index (κ3) is 3.67. The number of amides is 1. The Bertz CT molecular complexity index is 674. The van der Waals surface area contributed by atoms with E-state index in [2.05, 4.69) is 5.32 Å². The van der Waals surface area contributed by atoms with Gasteiger partial charge in [0.1, 0.15) is 5.82 Å². The van der Waals surface area contributed by atoms with Gasteiger partial charge in [0.15, 0.2) is 0 Å². The lowest BCUT2D eigenvalue weighted by Crippen LogP contribution is -2.35. The van der Waals surface area contributed by atoms with Crippen LogP contribution in [0.4, 0.5) is 5.82 Å². The van der Waals surface area contributed by atoms with Gasteiger partial charge in [-0.15, -0.1) is 0 Å². The number of hydrogen-bond donors (Lipinski definition) is 2. The van der Waals surface area contributed by atoms with Crippen LogP contribution in [0.1, 0.15) is 57.1 Å². The maximum atomic E-state index is 12.3. The van der Waals surface area contributed by atoms with Gasteiger partial charge < -0.3 is 11.1 Å². The highest BCUT2D eigenvalue weighted by Gasteiger charge is 2.23. The summed E-state index contributed by atoms with van der Waals surface area (Å²) >= 11 is 0. The zero-order valence-corrected chi connectivity index (χ0v) is 14.2. The highest BCUT2D eigenvalue weighted by molar-refractivity contribution is 5.94. The van der Waals surface area contributed by atoms with Crippen LogP contribution in [-0.2, 0) is 4.79 Å². The first-order valence-electron chi connectivity index (χ1n) is 8.91. The van der Waals surface area contributed by atoms with Gasteiger partial charge in [-0.25, -0.2) is 4.68 Å². The SMILES string of the molecule is CCCC(N)C(=O)Nc1cc(C2CCCC2)nn1-c1ccccc1. The summed E-state index contributed by atoms with van der Waals surface area (Å²) in [4.78, 5) is 12.3. The molecular formula is C19H26N4O. The smallest absolute Gasteiger partial charge is 0.242 e. The molecule has 2 aromatic rings. The molecule has 128 valence electrons. The Kier molecular flexibility index (Phi) is 5.30. The summed E-state index contributed by atoms with van der Waals surface area (Å²) in [6.07, 6.45) is 6.43. The minimum Gasteiger partial charge on any atom is -0.320 e. The fourth-order valence-electron chi connectivity index (χ4n) is 3.34. The van der Waals surface area contributed by atoms with E-state index in [-0.39, 0.29) is 5.91 Å². The number of rotatable bonds is 6. The van der Waals surface area contributed by atoms with Gasteiger partial charge in [0.25, 0.3) is 0 Å². The van der Waals surface area contributed by atoms with Crippen LogP contribution in [0.3, 0.4) is 0 Å². The first-order chi connectivity index (χ1) is 11.7. The average molecular weight is 326 g/mol. The molecule has 1 aliphatic rings. The fourth-order valence-corrected chi connectivity index (χ4v) is 3.34. The normalized spacial score (nSPS) is 16.2. The number of carbonyl (C=O) groups is 1. The van der Waals surface area contributed by atoms with Gasteiger partial charge in [0.05, 0.1) is 17.4 Å². The highest BCUT2D eigenvalue weighted by atomic mass is 16.2.